The fourth-order valence-electron chi connectivity index (χ4n) is 1.59. The number of aryl methyl sites for hydroxylation is 2. The summed E-state index contributed by atoms with van der Waals surface area (Å²) < 4.78 is 2.03. The van der Waals surface area contributed by atoms with Crippen LogP contribution in [-0.2, 0) is 7.05 Å². The quantitative estimate of drug-likeness (QED) is 0.671. The number of pyridine rings is 1. The minimum absolute atomic E-state index is 1.22. The average molecular weight is 210 g/mol. The summed E-state index contributed by atoms with van der Waals surface area (Å²) in [6.07, 6.45) is 8.38. The largest absolute Gasteiger partial charge is 0.208 e. The zero-order chi connectivity index (χ0) is 11.4. The molecule has 2 aromatic rings. The molecule has 1 heterocycles. The lowest BCUT2D eigenvalue weighted by Crippen LogP contribution is -2.25. The summed E-state index contributed by atoms with van der Waals surface area (Å²) in [6, 6.07) is 12.7. The Morgan fingerprint density at radius 3 is 2.31 bits per heavy atom. The molecule has 0 radical (unpaired) electrons. The summed E-state index contributed by atoms with van der Waals surface area (Å²) in [5, 5.41) is 0. The predicted molar refractivity (Wildman–Crippen MR) is 67.7 cm³/mol. The molecule has 0 aliphatic carbocycles. The smallest absolute Gasteiger partial charge is 0.169 e. The van der Waals surface area contributed by atoms with Crippen molar-refractivity contribution in [2.24, 2.45) is 7.05 Å². The zero-order valence-corrected chi connectivity index (χ0v) is 9.72. The van der Waals surface area contributed by atoms with Crippen LogP contribution in [-0.4, -0.2) is 0 Å². The Kier molecular flexibility index (Phi) is 3.16. The van der Waals surface area contributed by atoms with Gasteiger partial charge in [0.2, 0.25) is 0 Å². The lowest BCUT2D eigenvalue weighted by molar-refractivity contribution is -0.671. The van der Waals surface area contributed by atoms with Crippen LogP contribution < -0.4 is 4.57 Å². The molecule has 0 atom stereocenters. The molecule has 16 heavy (non-hydrogen) atoms. The molecular formula is C15H16N+. The Bertz CT molecular complexity index is 495. The van der Waals surface area contributed by atoms with Crippen molar-refractivity contribution < 1.29 is 4.57 Å². The lowest BCUT2D eigenvalue weighted by atomic mass is 10.1. The summed E-state index contributed by atoms with van der Waals surface area (Å²) in [4.78, 5) is 0. The maximum absolute atomic E-state index is 2.18. The van der Waals surface area contributed by atoms with Crippen molar-refractivity contribution in [1.29, 1.82) is 0 Å². The second kappa shape index (κ2) is 4.75. The molecule has 2 rings (SSSR count). The highest BCUT2D eigenvalue weighted by Gasteiger charge is 1.92. The fraction of sp³-hybridized carbons (Fsp3) is 0.133. The van der Waals surface area contributed by atoms with Gasteiger partial charge >= 0.3 is 0 Å². The van der Waals surface area contributed by atoms with Crippen LogP contribution in [0.15, 0.2) is 48.8 Å². The number of nitrogens with zero attached hydrogens (tertiary/aromatic N) is 1. The Morgan fingerprint density at radius 2 is 1.62 bits per heavy atom. The first-order valence-electron chi connectivity index (χ1n) is 5.44. The van der Waals surface area contributed by atoms with Crippen molar-refractivity contribution in [3.05, 3.63) is 65.5 Å². The van der Waals surface area contributed by atoms with E-state index in [-0.39, 0.29) is 0 Å². The fourth-order valence-corrected chi connectivity index (χ4v) is 1.59. The van der Waals surface area contributed by atoms with Gasteiger partial charge in [0, 0.05) is 12.1 Å². The maximum atomic E-state index is 2.18. The van der Waals surface area contributed by atoms with Crippen molar-refractivity contribution in [3.8, 4) is 0 Å². The van der Waals surface area contributed by atoms with Crippen LogP contribution in [0.3, 0.4) is 0 Å². The molecule has 0 spiro atoms. The Labute approximate surface area is 96.7 Å². The number of hydrogen-bond acceptors (Lipinski definition) is 0. The predicted octanol–water partition coefficient (Wildman–Crippen LogP) is 2.99. The third kappa shape index (κ3) is 2.80. The highest BCUT2D eigenvalue weighted by Crippen LogP contribution is 2.08. The molecule has 0 N–H and O–H groups in total. The van der Waals surface area contributed by atoms with Gasteiger partial charge in [-0.05, 0) is 18.1 Å². The van der Waals surface area contributed by atoms with Crippen LogP contribution in [0.2, 0.25) is 0 Å². The van der Waals surface area contributed by atoms with Gasteiger partial charge in [0.1, 0.15) is 7.05 Å². The molecule has 1 nitrogen and oxygen atoms in total. The zero-order valence-electron chi connectivity index (χ0n) is 9.72. The van der Waals surface area contributed by atoms with E-state index in [2.05, 4.69) is 67.9 Å². The summed E-state index contributed by atoms with van der Waals surface area (Å²) in [5.74, 6) is 0. The van der Waals surface area contributed by atoms with Gasteiger partial charge in [-0.15, -0.1) is 0 Å². The van der Waals surface area contributed by atoms with E-state index in [1.165, 1.54) is 16.7 Å². The SMILES string of the molecule is Cc1cccc(/C=C/c2cc[n+](C)cc2)c1. The molecule has 0 saturated carbocycles. The van der Waals surface area contributed by atoms with E-state index in [0.717, 1.165) is 0 Å². The normalized spacial score (nSPS) is 10.9. The van der Waals surface area contributed by atoms with Crippen LogP contribution in [0.1, 0.15) is 16.7 Å². The van der Waals surface area contributed by atoms with Gasteiger partial charge in [-0.3, -0.25) is 0 Å². The van der Waals surface area contributed by atoms with E-state index >= 15 is 0 Å². The van der Waals surface area contributed by atoms with E-state index in [0.29, 0.717) is 0 Å². The molecular weight excluding hydrogens is 194 g/mol. The van der Waals surface area contributed by atoms with Crippen LogP contribution in [0.5, 0.6) is 0 Å². The number of benzene rings is 1. The van der Waals surface area contributed by atoms with Gasteiger partial charge in [-0.1, -0.05) is 42.0 Å². The minimum Gasteiger partial charge on any atom is -0.208 e. The van der Waals surface area contributed by atoms with E-state index in [1.807, 2.05) is 11.6 Å². The van der Waals surface area contributed by atoms with Gasteiger partial charge in [-0.2, -0.15) is 0 Å². The molecule has 0 fully saturated rings. The van der Waals surface area contributed by atoms with Gasteiger partial charge in [0.15, 0.2) is 12.4 Å². The van der Waals surface area contributed by atoms with Crippen LogP contribution in [0.25, 0.3) is 12.2 Å². The molecule has 1 aromatic heterocycles. The number of hydrogen-bond donors (Lipinski definition) is 0. The van der Waals surface area contributed by atoms with E-state index in [1.54, 1.807) is 0 Å². The molecule has 80 valence electrons. The van der Waals surface area contributed by atoms with Crippen molar-refractivity contribution in [3.63, 3.8) is 0 Å². The molecule has 0 saturated heterocycles. The molecule has 0 bridgehead atoms. The van der Waals surface area contributed by atoms with Crippen molar-refractivity contribution in [2.45, 2.75) is 6.92 Å². The third-order valence-corrected chi connectivity index (χ3v) is 2.51. The van der Waals surface area contributed by atoms with Gasteiger partial charge in [-0.25, -0.2) is 4.57 Å². The van der Waals surface area contributed by atoms with Crippen molar-refractivity contribution >= 4 is 12.2 Å². The summed E-state index contributed by atoms with van der Waals surface area (Å²) in [6.45, 7) is 2.11. The van der Waals surface area contributed by atoms with Crippen LogP contribution in [0.4, 0.5) is 0 Å². The molecule has 0 unspecified atom stereocenters. The van der Waals surface area contributed by atoms with Gasteiger partial charge < -0.3 is 0 Å². The summed E-state index contributed by atoms with van der Waals surface area (Å²) in [5.41, 5.74) is 3.76. The van der Waals surface area contributed by atoms with Gasteiger partial charge in [0.05, 0.1) is 0 Å². The summed E-state index contributed by atoms with van der Waals surface area (Å²) in [7, 11) is 2.02. The number of rotatable bonds is 2. The second-order valence-corrected chi connectivity index (χ2v) is 4.04. The standard InChI is InChI=1S/C15H16N/c1-13-4-3-5-15(12-13)7-6-14-8-10-16(2)11-9-14/h3-12H,1-2H3/q+1/b7-6+. The minimum atomic E-state index is 1.22. The second-order valence-electron chi connectivity index (χ2n) is 4.04. The van der Waals surface area contributed by atoms with Crippen molar-refractivity contribution in [2.75, 3.05) is 0 Å². The molecule has 0 amide bonds. The topological polar surface area (TPSA) is 3.88 Å². The van der Waals surface area contributed by atoms with E-state index < -0.39 is 0 Å². The molecule has 0 aliphatic heterocycles. The Morgan fingerprint density at radius 1 is 0.938 bits per heavy atom. The lowest BCUT2D eigenvalue weighted by Gasteiger charge is -1.95. The Balaban J connectivity index is 2.18. The van der Waals surface area contributed by atoms with Crippen LogP contribution >= 0.6 is 0 Å². The number of aromatic nitrogens is 1. The van der Waals surface area contributed by atoms with Crippen LogP contribution in [0, 0.1) is 6.92 Å². The first-order valence-corrected chi connectivity index (χ1v) is 5.44. The van der Waals surface area contributed by atoms with E-state index in [9.17, 15) is 0 Å². The molecule has 1 heteroatoms. The first kappa shape index (κ1) is 10.6. The summed E-state index contributed by atoms with van der Waals surface area (Å²) >= 11 is 0. The van der Waals surface area contributed by atoms with E-state index in [4.69, 9.17) is 0 Å². The molecule has 0 aliphatic rings. The highest BCUT2D eigenvalue weighted by atomic mass is 14.9. The maximum Gasteiger partial charge on any atom is 0.169 e. The monoisotopic (exact) mass is 210 g/mol. The van der Waals surface area contributed by atoms with Crippen molar-refractivity contribution in [1.82, 2.24) is 0 Å². The van der Waals surface area contributed by atoms with Gasteiger partial charge in [0.25, 0.3) is 0 Å². The third-order valence-electron chi connectivity index (χ3n) is 2.51. The highest BCUT2D eigenvalue weighted by molar-refractivity contribution is 5.69. The first-order chi connectivity index (χ1) is 7.74. The average Bonchev–Trinajstić information content (AvgIpc) is 2.28. The Hall–Kier alpha value is -1.89. The molecule has 1 aromatic carbocycles.